The van der Waals surface area contributed by atoms with Crippen LogP contribution >= 0.6 is 38.5 Å². The zero-order valence-electron chi connectivity index (χ0n) is 11.8. The van der Waals surface area contributed by atoms with E-state index in [4.69, 9.17) is 4.74 Å². The summed E-state index contributed by atoms with van der Waals surface area (Å²) in [5.74, 6) is 0.585. The van der Waals surface area contributed by atoms with Crippen molar-refractivity contribution in [1.82, 2.24) is 5.32 Å². The van der Waals surface area contributed by atoms with Crippen molar-refractivity contribution in [3.63, 3.8) is 0 Å². The minimum atomic E-state index is -0.216. The van der Waals surface area contributed by atoms with E-state index in [2.05, 4.69) is 50.8 Å². The number of rotatable bonds is 5. The maximum absolute atomic E-state index is 13.3. The molecule has 112 valence electrons. The van der Waals surface area contributed by atoms with Gasteiger partial charge >= 0.3 is 0 Å². The Hall–Kier alpha value is -0.660. The molecule has 1 unspecified atom stereocenters. The van der Waals surface area contributed by atoms with E-state index >= 15 is 0 Å². The molecular formula is C16H16BrFINO. The Morgan fingerprint density at radius 1 is 1.24 bits per heavy atom. The van der Waals surface area contributed by atoms with Crippen molar-refractivity contribution in [2.75, 3.05) is 13.7 Å². The first-order chi connectivity index (χ1) is 10.1. The molecule has 0 saturated heterocycles. The maximum Gasteiger partial charge on any atom is 0.124 e. The molecule has 0 radical (unpaired) electrons. The van der Waals surface area contributed by atoms with Gasteiger partial charge < -0.3 is 10.1 Å². The van der Waals surface area contributed by atoms with Gasteiger partial charge in [-0.05, 0) is 64.5 Å². The van der Waals surface area contributed by atoms with Crippen LogP contribution in [0.15, 0.2) is 40.9 Å². The van der Waals surface area contributed by atoms with Crippen LogP contribution in [0.1, 0.15) is 24.1 Å². The zero-order chi connectivity index (χ0) is 15.4. The van der Waals surface area contributed by atoms with Gasteiger partial charge in [-0.3, -0.25) is 0 Å². The van der Waals surface area contributed by atoms with Gasteiger partial charge in [0.2, 0.25) is 0 Å². The predicted octanol–water partition coefficient (Wildman–Crippen LogP) is 4.90. The van der Waals surface area contributed by atoms with Crippen LogP contribution in [0.4, 0.5) is 4.39 Å². The lowest BCUT2D eigenvalue weighted by Crippen LogP contribution is -2.23. The zero-order valence-corrected chi connectivity index (χ0v) is 15.5. The Labute approximate surface area is 146 Å². The van der Waals surface area contributed by atoms with Gasteiger partial charge in [0.15, 0.2) is 0 Å². The van der Waals surface area contributed by atoms with Crippen LogP contribution < -0.4 is 10.1 Å². The highest BCUT2D eigenvalue weighted by Gasteiger charge is 2.19. The molecule has 21 heavy (non-hydrogen) atoms. The minimum absolute atomic E-state index is 0.00258. The number of benzene rings is 2. The summed E-state index contributed by atoms with van der Waals surface area (Å²) >= 11 is 5.77. The van der Waals surface area contributed by atoms with Gasteiger partial charge in [0.1, 0.15) is 11.6 Å². The average molecular weight is 464 g/mol. The van der Waals surface area contributed by atoms with Gasteiger partial charge in [0.25, 0.3) is 0 Å². The lowest BCUT2D eigenvalue weighted by molar-refractivity contribution is 0.414. The summed E-state index contributed by atoms with van der Waals surface area (Å²) in [6, 6.07) is 10.8. The van der Waals surface area contributed by atoms with Gasteiger partial charge in [-0.25, -0.2) is 4.39 Å². The first kappa shape index (κ1) is 16.7. The van der Waals surface area contributed by atoms with E-state index in [1.165, 1.54) is 6.07 Å². The Kier molecular flexibility index (Phi) is 6.01. The van der Waals surface area contributed by atoms with E-state index in [1.54, 1.807) is 13.2 Å². The number of ether oxygens (including phenoxy) is 1. The molecule has 0 heterocycles. The lowest BCUT2D eigenvalue weighted by Gasteiger charge is -2.22. The van der Waals surface area contributed by atoms with Gasteiger partial charge in [-0.2, -0.15) is 0 Å². The van der Waals surface area contributed by atoms with Gasteiger partial charge in [-0.1, -0.05) is 35.0 Å². The van der Waals surface area contributed by atoms with E-state index in [9.17, 15) is 4.39 Å². The number of halogens is 3. The molecule has 2 aromatic rings. The number of hydrogen-bond acceptors (Lipinski definition) is 2. The molecule has 1 atom stereocenters. The summed E-state index contributed by atoms with van der Waals surface area (Å²) < 4.78 is 20.4. The molecule has 0 spiro atoms. The van der Waals surface area contributed by atoms with Crippen molar-refractivity contribution in [2.24, 2.45) is 0 Å². The first-order valence-corrected chi connectivity index (χ1v) is 8.45. The largest absolute Gasteiger partial charge is 0.497 e. The topological polar surface area (TPSA) is 21.3 Å². The molecule has 2 nitrogen and oxygen atoms in total. The maximum atomic E-state index is 13.3. The van der Waals surface area contributed by atoms with Gasteiger partial charge in [0.05, 0.1) is 13.2 Å². The number of nitrogens with one attached hydrogen (secondary N) is 1. The van der Waals surface area contributed by atoms with E-state index in [0.29, 0.717) is 0 Å². The fourth-order valence-electron chi connectivity index (χ4n) is 2.20. The normalized spacial score (nSPS) is 12.2. The molecule has 0 aliphatic rings. The minimum Gasteiger partial charge on any atom is -0.497 e. The molecule has 2 aromatic carbocycles. The van der Waals surface area contributed by atoms with Crippen LogP contribution in [0.5, 0.6) is 5.75 Å². The van der Waals surface area contributed by atoms with Crippen LogP contribution in [0.25, 0.3) is 0 Å². The second kappa shape index (κ2) is 7.56. The molecule has 2 rings (SSSR count). The van der Waals surface area contributed by atoms with Crippen LogP contribution in [-0.4, -0.2) is 13.7 Å². The van der Waals surface area contributed by atoms with E-state index in [-0.39, 0.29) is 11.9 Å². The van der Waals surface area contributed by atoms with Crippen molar-refractivity contribution in [1.29, 1.82) is 0 Å². The molecular weight excluding hydrogens is 448 g/mol. The molecule has 0 amide bonds. The van der Waals surface area contributed by atoms with Gasteiger partial charge in [0, 0.05) is 8.04 Å². The molecule has 0 bridgehead atoms. The molecule has 5 heteroatoms. The Bertz CT molecular complexity index is 636. The summed E-state index contributed by atoms with van der Waals surface area (Å²) in [6.07, 6.45) is 0. The van der Waals surface area contributed by atoms with Crippen LogP contribution in [0.2, 0.25) is 0 Å². The third kappa shape index (κ3) is 3.96. The second-order valence-electron chi connectivity index (χ2n) is 4.54. The van der Waals surface area contributed by atoms with Crippen LogP contribution in [0.3, 0.4) is 0 Å². The van der Waals surface area contributed by atoms with Crippen molar-refractivity contribution in [3.8, 4) is 5.75 Å². The van der Waals surface area contributed by atoms with Crippen molar-refractivity contribution in [2.45, 2.75) is 13.0 Å². The van der Waals surface area contributed by atoms with Gasteiger partial charge in [-0.15, -0.1) is 0 Å². The van der Waals surface area contributed by atoms with Crippen molar-refractivity contribution in [3.05, 3.63) is 61.4 Å². The molecule has 0 aliphatic heterocycles. The van der Waals surface area contributed by atoms with E-state index < -0.39 is 0 Å². The highest BCUT2D eigenvalue weighted by Crippen LogP contribution is 2.33. The SMILES string of the molecule is CCNC(c1ccc(OC)cc1Br)c1ccc(F)cc1I. The summed E-state index contributed by atoms with van der Waals surface area (Å²) in [5, 5.41) is 3.46. The molecule has 0 saturated carbocycles. The summed E-state index contributed by atoms with van der Waals surface area (Å²) in [5.41, 5.74) is 2.16. The van der Waals surface area contributed by atoms with E-state index in [0.717, 1.165) is 31.5 Å². The Morgan fingerprint density at radius 3 is 2.52 bits per heavy atom. The summed E-state index contributed by atoms with van der Waals surface area (Å²) in [4.78, 5) is 0. The molecule has 1 N–H and O–H groups in total. The monoisotopic (exact) mass is 463 g/mol. The summed E-state index contributed by atoms with van der Waals surface area (Å²) in [6.45, 7) is 2.87. The quantitative estimate of drug-likeness (QED) is 0.636. The predicted molar refractivity (Wildman–Crippen MR) is 95.3 cm³/mol. The smallest absolute Gasteiger partial charge is 0.124 e. The Morgan fingerprint density at radius 2 is 1.95 bits per heavy atom. The number of hydrogen-bond donors (Lipinski definition) is 1. The highest BCUT2D eigenvalue weighted by molar-refractivity contribution is 14.1. The molecule has 0 aliphatic carbocycles. The lowest BCUT2D eigenvalue weighted by atomic mass is 9.98. The fourth-order valence-corrected chi connectivity index (χ4v) is 3.57. The van der Waals surface area contributed by atoms with Crippen LogP contribution in [-0.2, 0) is 0 Å². The first-order valence-electron chi connectivity index (χ1n) is 6.58. The second-order valence-corrected chi connectivity index (χ2v) is 6.56. The number of methoxy groups -OCH3 is 1. The van der Waals surface area contributed by atoms with E-state index in [1.807, 2.05) is 24.3 Å². The van der Waals surface area contributed by atoms with Crippen LogP contribution in [0, 0.1) is 9.39 Å². The fraction of sp³-hybridized carbons (Fsp3) is 0.250. The van der Waals surface area contributed by atoms with Crippen molar-refractivity contribution < 1.29 is 9.13 Å². The molecule has 0 aromatic heterocycles. The van der Waals surface area contributed by atoms with Crippen molar-refractivity contribution >= 4 is 38.5 Å². The Balaban J connectivity index is 2.48. The third-order valence-corrected chi connectivity index (χ3v) is 4.82. The molecule has 0 fully saturated rings. The standard InChI is InChI=1S/C16H16BrFINO/c1-3-20-16(13-6-4-10(18)8-15(13)19)12-7-5-11(21-2)9-14(12)17/h4-9,16,20H,3H2,1-2H3. The third-order valence-electron chi connectivity index (χ3n) is 3.20. The highest BCUT2D eigenvalue weighted by atomic mass is 127. The summed E-state index contributed by atoms with van der Waals surface area (Å²) in [7, 11) is 1.64. The average Bonchev–Trinajstić information content (AvgIpc) is 2.46.